The van der Waals surface area contributed by atoms with Gasteiger partial charge >= 0.3 is 0 Å². The van der Waals surface area contributed by atoms with Crippen molar-refractivity contribution >= 4 is 11.7 Å². The lowest BCUT2D eigenvalue weighted by Crippen LogP contribution is -2.15. The molecule has 0 atom stereocenters. The van der Waals surface area contributed by atoms with Crippen LogP contribution in [0.15, 0.2) is 48.7 Å². The molecule has 0 aliphatic carbocycles. The van der Waals surface area contributed by atoms with E-state index in [2.05, 4.69) is 10.4 Å². The smallest absolute Gasteiger partial charge is 0.260 e. The van der Waals surface area contributed by atoms with Gasteiger partial charge in [-0.2, -0.15) is 0 Å². The number of nitrogens with zero attached hydrogens (tertiary/aromatic N) is 2. The number of benzene rings is 2. The van der Waals surface area contributed by atoms with Crippen LogP contribution in [-0.2, 0) is 0 Å². The topological polar surface area (TPSA) is 74.6 Å². The number of rotatable bonds is 6. The predicted octanol–water partition coefficient (Wildman–Crippen LogP) is 3.46. The van der Waals surface area contributed by atoms with E-state index in [1.807, 2.05) is 43.5 Å². The van der Waals surface area contributed by atoms with E-state index in [0.717, 1.165) is 11.3 Å². The van der Waals surface area contributed by atoms with E-state index >= 15 is 0 Å². The molecule has 3 rings (SSSR count). The Kier molecular flexibility index (Phi) is 5.30. The van der Waals surface area contributed by atoms with Crippen LogP contribution in [0.1, 0.15) is 15.9 Å². The summed E-state index contributed by atoms with van der Waals surface area (Å²) >= 11 is 0. The van der Waals surface area contributed by atoms with E-state index in [1.54, 1.807) is 16.8 Å². The fourth-order valence-electron chi connectivity index (χ4n) is 2.75. The number of carbonyl (C=O) groups is 1. The van der Waals surface area contributed by atoms with Gasteiger partial charge in [0.1, 0.15) is 0 Å². The first-order chi connectivity index (χ1) is 13.1. The first-order valence-corrected chi connectivity index (χ1v) is 8.31. The third-order valence-corrected chi connectivity index (χ3v) is 4.10. The third kappa shape index (κ3) is 3.57. The monoisotopic (exact) mass is 367 g/mol. The summed E-state index contributed by atoms with van der Waals surface area (Å²) in [6.45, 7) is 1.88. The summed E-state index contributed by atoms with van der Waals surface area (Å²) in [4.78, 5) is 12.8. The van der Waals surface area contributed by atoms with E-state index in [4.69, 9.17) is 14.2 Å². The molecule has 0 saturated carbocycles. The standard InChI is InChI=1S/C20H21N3O4/c1-13-12-23(14-8-6-5-7-9-14)22-19(13)21-20(24)15-10-11-16(25-2)18(27-4)17(15)26-3/h5-12H,1-4H3,(H,21,22,24). The van der Waals surface area contributed by atoms with Gasteiger partial charge in [-0.1, -0.05) is 18.2 Å². The summed E-state index contributed by atoms with van der Waals surface area (Å²) in [7, 11) is 4.49. The minimum absolute atomic E-state index is 0.300. The molecule has 7 nitrogen and oxygen atoms in total. The van der Waals surface area contributed by atoms with Gasteiger partial charge in [0.25, 0.3) is 5.91 Å². The predicted molar refractivity (Wildman–Crippen MR) is 102 cm³/mol. The zero-order valence-electron chi connectivity index (χ0n) is 15.6. The van der Waals surface area contributed by atoms with E-state index in [9.17, 15) is 4.79 Å². The summed E-state index contributed by atoms with van der Waals surface area (Å²) in [5, 5.41) is 7.30. The van der Waals surface area contributed by atoms with Gasteiger partial charge in [-0.15, -0.1) is 5.10 Å². The lowest BCUT2D eigenvalue weighted by atomic mass is 10.1. The molecule has 7 heteroatoms. The zero-order chi connectivity index (χ0) is 19.4. The molecule has 1 N–H and O–H groups in total. The molecule has 0 unspecified atom stereocenters. The van der Waals surface area contributed by atoms with Crippen molar-refractivity contribution in [3.63, 3.8) is 0 Å². The number of anilines is 1. The van der Waals surface area contributed by atoms with Crippen LogP contribution in [0.5, 0.6) is 17.2 Å². The van der Waals surface area contributed by atoms with Crippen LogP contribution in [0, 0.1) is 6.92 Å². The van der Waals surface area contributed by atoms with Crippen molar-refractivity contribution in [2.24, 2.45) is 0 Å². The number of ether oxygens (including phenoxy) is 3. The Morgan fingerprint density at radius 3 is 2.30 bits per heavy atom. The summed E-state index contributed by atoms with van der Waals surface area (Å²) in [6, 6.07) is 13.0. The van der Waals surface area contributed by atoms with E-state index in [1.165, 1.54) is 21.3 Å². The number of amides is 1. The fraction of sp³-hybridized carbons (Fsp3) is 0.200. The van der Waals surface area contributed by atoms with Gasteiger partial charge in [0.2, 0.25) is 5.75 Å². The molecule has 140 valence electrons. The Bertz CT molecular complexity index is 951. The molecular formula is C20H21N3O4. The maximum absolute atomic E-state index is 12.8. The first kappa shape index (κ1) is 18.3. The maximum atomic E-state index is 12.8. The number of methoxy groups -OCH3 is 3. The summed E-state index contributed by atoms with van der Waals surface area (Å²) in [6.07, 6.45) is 1.86. The van der Waals surface area contributed by atoms with Crippen LogP contribution in [0.3, 0.4) is 0 Å². The van der Waals surface area contributed by atoms with Crippen molar-refractivity contribution in [3.8, 4) is 22.9 Å². The normalized spacial score (nSPS) is 10.4. The van der Waals surface area contributed by atoms with Crippen molar-refractivity contribution in [2.45, 2.75) is 6.92 Å². The van der Waals surface area contributed by atoms with E-state index in [0.29, 0.717) is 28.6 Å². The molecule has 0 aliphatic rings. The van der Waals surface area contributed by atoms with Crippen LogP contribution in [0.25, 0.3) is 5.69 Å². The lowest BCUT2D eigenvalue weighted by molar-refractivity contribution is 0.102. The molecule has 0 bridgehead atoms. The lowest BCUT2D eigenvalue weighted by Gasteiger charge is -2.15. The number of hydrogen-bond donors (Lipinski definition) is 1. The molecular weight excluding hydrogens is 346 g/mol. The van der Waals surface area contributed by atoms with Crippen molar-refractivity contribution in [1.29, 1.82) is 0 Å². The summed E-state index contributed by atoms with van der Waals surface area (Å²) in [5.41, 5.74) is 2.07. The molecule has 0 spiro atoms. The third-order valence-electron chi connectivity index (χ3n) is 4.10. The Labute approximate surface area is 157 Å². The van der Waals surface area contributed by atoms with Crippen LogP contribution in [0.2, 0.25) is 0 Å². The highest BCUT2D eigenvalue weighted by Crippen LogP contribution is 2.40. The quantitative estimate of drug-likeness (QED) is 0.722. The molecule has 0 saturated heterocycles. The van der Waals surface area contributed by atoms with Crippen LogP contribution in [0.4, 0.5) is 5.82 Å². The molecule has 2 aromatic carbocycles. The van der Waals surface area contributed by atoms with Crippen molar-refractivity contribution < 1.29 is 19.0 Å². The Balaban J connectivity index is 1.91. The van der Waals surface area contributed by atoms with Gasteiger partial charge in [0, 0.05) is 11.8 Å². The number of aryl methyl sites for hydroxylation is 1. The molecule has 27 heavy (non-hydrogen) atoms. The fourth-order valence-corrected chi connectivity index (χ4v) is 2.75. The number of carbonyl (C=O) groups excluding carboxylic acids is 1. The van der Waals surface area contributed by atoms with Gasteiger partial charge in [-0.3, -0.25) is 4.79 Å². The molecule has 0 fully saturated rings. The second-order valence-corrected chi connectivity index (χ2v) is 5.78. The Morgan fingerprint density at radius 2 is 1.67 bits per heavy atom. The number of para-hydroxylation sites is 1. The Hall–Kier alpha value is -3.48. The van der Waals surface area contributed by atoms with Gasteiger partial charge in [-0.05, 0) is 31.2 Å². The largest absolute Gasteiger partial charge is 0.493 e. The maximum Gasteiger partial charge on any atom is 0.260 e. The minimum atomic E-state index is -0.353. The van der Waals surface area contributed by atoms with Crippen molar-refractivity contribution in [3.05, 3.63) is 59.8 Å². The van der Waals surface area contributed by atoms with Crippen molar-refractivity contribution in [1.82, 2.24) is 9.78 Å². The summed E-state index contributed by atoms with van der Waals surface area (Å²) < 4.78 is 17.7. The molecule has 1 aromatic heterocycles. The molecule has 3 aromatic rings. The van der Waals surface area contributed by atoms with Gasteiger partial charge in [0.15, 0.2) is 17.3 Å². The number of hydrogen-bond acceptors (Lipinski definition) is 5. The molecule has 0 radical (unpaired) electrons. The van der Waals surface area contributed by atoms with Gasteiger partial charge in [-0.25, -0.2) is 4.68 Å². The van der Waals surface area contributed by atoms with E-state index < -0.39 is 0 Å². The van der Waals surface area contributed by atoms with Crippen LogP contribution < -0.4 is 19.5 Å². The second-order valence-electron chi connectivity index (χ2n) is 5.78. The van der Waals surface area contributed by atoms with Gasteiger partial charge in [0.05, 0.1) is 32.6 Å². The average molecular weight is 367 g/mol. The number of nitrogens with one attached hydrogen (secondary N) is 1. The molecule has 0 aliphatic heterocycles. The van der Waals surface area contributed by atoms with Gasteiger partial charge < -0.3 is 19.5 Å². The average Bonchev–Trinajstić information content (AvgIpc) is 3.07. The molecule has 1 heterocycles. The Morgan fingerprint density at radius 1 is 0.963 bits per heavy atom. The van der Waals surface area contributed by atoms with E-state index in [-0.39, 0.29) is 5.91 Å². The van der Waals surface area contributed by atoms with Crippen LogP contribution >= 0.6 is 0 Å². The first-order valence-electron chi connectivity index (χ1n) is 8.31. The number of aromatic nitrogens is 2. The van der Waals surface area contributed by atoms with Crippen molar-refractivity contribution in [2.75, 3.05) is 26.6 Å². The SMILES string of the molecule is COc1ccc(C(=O)Nc2nn(-c3ccccc3)cc2C)c(OC)c1OC. The second kappa shape index (κ2) is 7.82. The summed E-state index contributed by atoms with van der Waals surface area (Å²) in [5.74, 6) is 1.26. The van der Waals surface area contributed by atoms with Crippen LogP contribution in [-0.4, -0.2) is 37.0 Å². The highest BCUT2D eigenvalue weighted by Gasteiger charge is 2.22. The zero-order valence-corrected chi connectivity index (χ0v) is 15.6. The highest BCUT2D eigenvalue weighted by atomic mass is 16.5. The minimum Gasteiger partial charge on any atom is -0.493 e. The highest BCUT2D eigenvalue weighted by molar-refractivity contribution is 6.06. The molecule has 1 amide bonds.